The molecule has 0 saturated heterocycles. The Kier molecular flexibility index (Phi) is 4.97. The Morgan fingerprint density at radius 1 is 1.03 bits per heavy atom. The second-order valence-electron chi connectivity index (χ2n) is 6.91. The molecular formula is C23H17N5O2S. The van der Waals surface area contributed by atoms with Crippen LogP contribution in [0.5, 0.6) is 0 Å². The van der Waals surface area contributed by atoms with Gasteiger partial charge in [0.1, 0.15) is 5.01 Å². The summed E-state index contributed by atoms with van der Waals surface area (Å²) in [5.74, 6) is -0.225. The van der Waals surface area contributed by atoms with Gasteiger partial charge in [-0.15, -0.1) is 11.3 Å². The van der Waals surface area contributed by atoms with Crippen LogP contribution < -0.4 is 5.32 Å². The zero-order chi connectivity index (χ0) is 21.2. The van der Waals surface area contributed by atoms with Gasteiger partial charge in [-0.25, -0.2) is 9.97 Å². The SMILES string of the molecule is Cc1noc2nc(-c3ccccc3)cc(C(=O)NCc3nc(-c4ccncc4)cs3)c12. The molecule has 1 aromatic carbocycles. The molecule has 4 heterocycles. The van der Waals surface area contributed by atoms with E-state index in [1.165, 1.54) is 11.3 Å². The summed E-state index contributed by atoms with van der Waals surface area (Å²) < 4.78 is 5.36. The molecule has 0 bridgehead atoms. The summed E-state index contributed by atoms with van der Waals surface area (Å²) in [6.07, 6.45) is 3.47. The molecule has 1 N–H and O–H groups in total. The van der Waals surface area contributed by atoms with Crippen molar-refractivity contribution < 1.29 is 9.32 Å². The molecule has 31 heavy (non-hydrogen) atoms. The molecule has 0 saturated carbocycles. The van der Waals surface area contributed by atoms with Crippen molar-refractivity contribution in [2.75, 3.05) is 0 Å². The number of benzene rings is 1. The Morgan fingerprint density at radius 2 is 1.81 bits per heavy atom. The average Bonchev–Trinajstić information content (AvgIpc) is 3.45. The number of nitrogens with one attached hydrogen (secondary N) is 1. The molecule has 1 amide bonds. The Hall–Kier alpha value is -3.91. The normalized spacial score (nSPS) is 11.0. The van der Waals surface area contributed by atoms with E-state index in [1.807, 2.05) is 47.8 Å². The van der Waals surface area contributed by atoms with Crippen LogP contribution in [0.2, 0.25) is 0 Å². The van der Waals surface area contributed by atoms with Crippen molar-refractivity contribution in [2.45, 2.75) is 13.5 Å². The number of fused-ring (bicyclic) bond motifs is 1. The number of hydrogen-bond acceptors (Lipinski definition) is 7. The van der Waals surface area contributed by atoms with E-state index in [0.717, 1.165) is 21.8 Å². The lowest BCUT2D eigenvalue weighted by molar-refractivity contribution is 0.0952. The summed E-state index contributed by atoms with van der Waals surface area (Å²) >= 11 is 1.50. The number of hydrogen-bond donors (Lipinski definition) is 1. The largest absolute Gasteiger partial charge is 0.345 e. The van der Waals surface area contributed by atoms with E-state index in [4.69, 9.17) is 4.52 Å². The summed E-state index contributed by atoms with van der Waals surface area (Å²) in [7, 11) is 0. The number of aryl methyl sites for hydroxylation is 1. The lowest BCUT2D eigenvalue weighted by atomic mass is 10.1. The Morgan fingerprint density at radius 3 is 2.61 bits per heavy atom. The van der Waals surface area contributed by atoms with Crippen molar-refractivity contribution >= 4 is 28.3 Å². The van der Waals surface area contributed by atoms with Gasteiger partial charge in [0.15, 0.2) is 0 Å². The van der Waals surface area contributed by atoms with Crippen LogP contribution in [0.1, 0.15) is 21.1 Å². The van der Waals surface area contributed by atoms with Crippen molar-refractivity contribution in [2.24, 2.45) is 0 Å². The zero-order valence-corrected chi connectivity index (χ0v) is 17.4. The first-order valence-corrected chi connectivity index (χ1v) is 10.5. The quantitative estimate of drug-likeness (QED) is 0.439. The fourth-order valence-corrected chi connectivity index (χ4v) is 4.07. The van der Waals surface area contributed by atoms with Gasteiger partial charge in [-0.1, -0.05) is 35.5 Å². The molecule has 0 atom stereocenters. The number of aromatic nitrogens is 4. The van der Waals surface area contributed by atoms with Crippen molar-refractivity contribution in [1.82, 2.24) is 25.4 Å². The number of thiazole rings is 1. The van der Waals surface area contributed by atoms with E-state index in [2.05, 4.69) is 25.4 Å². The molecule has 0 aliphatic carbocycles. The Balaban J connectivity index is 1.42. The van der Waals surface area contributed by atoms with Gasteiger partial charge in [-0.05, 0) is 25.1 Å². The maximum atomic E-state index is 13.1. The van der Waals surface area contributed by atoms with Crippen LogP contribution >= 0.6 is 11.3 Å². The van der Waals surface area contributed by atoms with Crippen molar-refractivity contribution in [3.05, 3.63) is 82.6 Å². The lowest BCUT2D eigenvalue weighted by Crippen LogP contribution is -2.23. The molecule has 8 heteroatoms. The topological polar surface area (TPSA) is 93.8 Å². The molecular weight excluding hydrogens is 410 g/mol. The highest BCUT2D eigenvalue weighted by molar-refractivity contribution is 7.09. The average molecular weight is 427 g/mol. The lowest BCUT2D eigenvalue weighted by Gasteiger charge is -2.07. The fourth-order valence-electron chi connectivity index (χ4n) is 3.33. The maximum Gasteiger partial charge on any atom is 0.259 e. The fraction of sp³-hybridized carbons (Fsp3) is 0.0870. The van der Waals surface area contributed by atoms with Gasteiger partial charge in [0.25, 0.3) is 11.6 Å². The smallest absolute Gasteiger partial charge is 0.259 e. The minimum atomic E-state index is -0.225. The molecule has 0 radical (unpaired) electrons. The molecule has 0 unspecified atom stereocenters. The third-order valence-electron chi connectivity index (χ3n) is 4.86. The van der Waals surface area contributed by atoms with Gasteiger partial charge in [0.2, 0.25) is 0 Å². The van der Waals surface area contributed by atoms with Gasteiger partial charge in [-0.2, -0.15) is 0 Å². The van der Waals surface area contributed by atoms with E-state index in [-0.39, 0.29) is 5.91 Å². The molecule has 4 aromatic heterocycles. The van der Waals surface area contributed by atoms with Gasteiger partial charge in [0, 0.05) is 28.9 Å². The molecule has 152 valence electrons. The Bertz CT molecular complexity index is 1360. The predicted molar refractivity (Wildman–Crippen MR) is 118 cm³/mol. The number of amides is 1. The Labute approximate surface area is 181 Å². The molecule has 5 rings (SSSR count). The second kappa shape index (κ2) is 8.08. The van der Waals surface area contributed by atoms with E-state index in [0.29, 0.717) is 34.6 Å². The predicted octanol–water partition coefficient (Wildman–Crippen LogP) is 4.65. The highest BCUT2D eigenvalue weighted by Crippen LogP contribution is 2.27. The van der Waals surface area contributed by atoms with E-state index in [9.17, 15) is 4.79 Å². The molecule has 0 spiro atoms. The minimum absolute atomic E-state index is 0.225. The minimum Gasteiger partial charge on any atom is -0.345 e. The van der Waals surface area contributed by atoms with Crippen LogP contribution in [0.15, 0.2) is 70.8 Å². The highest BCUT2D eigenvalue weighted by atomic mass is 32.1. The van der Waals surface area contributed by atoms with E-state index in [1.54, 1.807) is 25.4 Å². The number of rotatable bonds is 5. The van der Waals surface area contributed by atoms with Gasteiger partial charge in [0.05, 0.1) is 34.6 Å². The summed E-state index contributed by atoms with van der Waals surface area (Å²) in [5.41, 5.74) is 4.86. The van der Waals surface area contributed by atoms with Crippen LogP contribution in [0.4, 0.5) is 0 Å². The third kappa shape index (κ3) is 3.80. The zero-order valence-electron chi connectivity index (χ0n) is 16.6. The van der Waals surface area contributed by atoms with E-state index >= 15 is 0 Å². The van der Waals surface area contributed by atoms with Gasteiger partial charge < -0.3 is 9.84 Å². The maximum absolute atomic E-state index is 13.1. The summed E-state index contributed by atoms with van der Waals surface area (Å²) in [6, 6.07) is 15.3. The summed E-state index contributed by atoms with van der Waals surface area (Å²) in [4.78, 5) is 26.3. The van der Waals surface area contributed by atoms with Crippen molar-refractivity contribution in [3.63, 3.8) is 0 Å². The first-order valence-electron chi connectivity index (χ1n) is 9.64. The number of nitrogens with zero attached hydrogens (tertiary/aromatic N) is 4. The van der Waals surface area contributed by atoms with Crippen LogP contribution in [-0.4, -0.2) is 26.0 Å². The van der Waals surface area contributed by atoms with Crippen LogP contribution in [0, 0.1) is 6.92 Å². The van der Waals surface area contributed by atoms with Crippen LogP contribution in [0.25, 0.3) is 33.6 Å². The first-order chi connectivity index (χ1) is 15.2. The summed E-state index contributed by atoms with van der Waals surface area (Å²) in [5, 5.41) is 10.4. The van der Waals surface area contributed by atoms with Crippen molar-refractivity contribution in [3.8, 4) is 22.5 Å². The number of carbonyl (C=O) groups excluding carboxylic acids is 1. The summed E-state index contributed by atoms with van der Waals surface area (Å²) in [6.45, 7) is 2.12. The molecule has 0 aliphatic heterocycles. The van der Waals surface area contributed by atoms with Crippen LogP contribution in [0.3, 0.4) is 0 Å². The number of pyridine rings is 2. The highest BCUT2D eigenvalue weighted by Gasteiger charge is 2.19. The van der Waals surface area contributed by atoms with Crippen molar-refractivity contribution in [1.29, 1.82) is 0 Å². The van der Waals surface area contributed by atoms with E-state index < -0.39 is 0 Å². The number of carbonyl (C=O) groups is 1. The monoisotopic (exact) mass is 427 g/mol. The second-order valence-corrected chi connectivity index (χ2v) is 7.86. The molecule has 7 nitrogen and oxygen atoms in total. The molecule has 5 aromatic rings. The molecule has 0 fully saturated rings. The van der Waals surface area contributed by atoms with Gasteiger partial charge >= 0.3 is 0 Å². The molecule has 0 aliphatic rings. The first kappa shape index (κ1) is 19.1. The van der Waals surface area contributed by atoms with Gasteiger partial charge in [-0.3, -0.25) is 9.78 Å². The standard InChI is InChI=1S/C23H17N5O2S/c1-14-21-17(11-18(27-23(21)30-28-14)15-5-3-2-4-6-15)22(29)25-12-20-26-19(13-31-20)16-7-9-24-10-8-16/h2-11,13H,12H2,1H3,(H,25,29). The van der Waals surface area contributed by atoms with Crippen LogP contribution in [-0.2, 0) is 6.54 Å². The third-order valence-corrected chi connectivity index (χ3v) is 5.71.